The maximum atomic E-state index is 11.9. The number of rotatable bonds is 5. The summed E-state index contributed by atoms with van der Waals surface area (Å²) in [5.41, 5.74) is -1.15. The number of carboxylic acid groups (broad SMARTS) is 1. The van der Waals surface area contributed by atoms with E-state index in [2.05, 4.69) is 10.1 Å². The number of methoxy groups -OCH3 is 1. The number of carbonyl (C=O) groups is 3. The quantitative estimate of drug-likeness (QED) is 0.707. The lowest BCUT2D eigenvalue weighted by molar-refractivity contribution is -0.149. The Morgan fingerprint density at radius 2 is 1.89 bits per heavy atom. The van der Waals surface area contributed by atoms with Gasteiger partial charge < -0.3 is 15.2 Å². The first-order valence-electron chi connectivity index (χ1n) is 6.03. The molecular formula is C12H19NO5. The van der Waals surface area contributed by atoms with Crippen LogP contribution < -0.4 is 5.32 Å². The number of carboxylic acids is 1. The Bertz CT molecular complexity index is 346. The molecule has 1 aliphatic rings. The van der Waals surface area contributed by atoms with E-state index in [0.29, 0.717) is 12.8 Å². The van der Waals surface area contributed by atoms with Crippen molar-refractivity contribution in [1.29, 1.82) is 0 Å². The number of ether oxygens (including phenoxy) is 1. The Morgan fingerprint density at radius 1 is 1.33 bits per heavy atom. The van der Waals surface area contributed by atoms with E-state index in [1.54, 1.807) is 6.92 Å². The van der Waals surface area contributed by atoms with Crippen molar-refractivity contribution in [2.24, 2.45) is 5.92 Å². The first kappa shape index (κ1) is 14.5. The highest BCUT2D eigenvalue weighted by Gasteiger charge is 2.43. The molecule has 1 fully saturated rings. The largest absolute Gasteiger partial charge is 0.480 e. The predicted octanol–water partition coefficient (Wildman–Crippen LogP) is 0.699. The minimum absolute atomic E-state index is 0.0436. The molecule has 0 aromatic carbocycles. The van der Waals surface area contributed by atoms with E-state index >= 15 is 0 Å². The van der Waals surface area contributed by atoms with Crippen molar-refractivity contribution in [1.82, 2.24) is 5.32 Å². The van der Waals surface area contributed by atoms with Crippen molar-refractivity contribution in [3.8, 4) is 0 Å². The van der Waals surface area contributed by atoms with E-state index in [1.807, 2.05) is 0 Å². The third-order valence-corrected chi connectivity index (χ3v) is 3.38. The van der Waals surface area contributed by atoms with Crippen molar-refractivity contribution in [2.75, 3.05) is 7.11 Å². The molecule has 0 heterocycles. The van der Waals surface area contributed by atoms with Crippen LogP contribution in [-0.4, -0.2) is 35.6 Å². The summed E-state index contributed by atoms with van der Waals surface area (Å²) < 4.78 is 4.48. The average Bonchev–Trinajstić information content (AvgIpc) is 2.78. The topological polar surface area (TPSA) is 92.7 Å². The summed E-state index contributed by atoms with van der Waals surface area (Å²) in [6.07, 6.45) is 2.42. The van der Waals surface area contributed by atoms with Gasteiger partial charge in [-0.25, -0.2) is 4.79 Å². The fourth-order valence-electron chi connectivity index (χ4n) is 2.16. The van der Waals surface area contributed by atoms with E-state index in [1.165, 1.54) is 7.11 Å². The summed E-state index contributed by atoms with van der Waals surface area (Å²) in [5.74, 6) is -2.48. The van der Waals surface area contributed by atoms with Crippen LogP contribution in [0.15, 0.2) is 0 Å². The molecule has 1 rings (SSSR count). The highest BCUT2D eigenvalue weighted by atomic mass is 16.5. The number of nitrogens with one attached hydrogen (secondary N) is 1. The summed E-state index contributed by atoms with van der Waals surface area (Å²) in [5, 5.41) is 11.8. The SMILES string of the molecule is COC(=O)CC(C)C(=O)NC1(C(=O)O)CCCC1. The van der Waals surface area contributed by atoms with Gasteiger partial charge in [0.05, 0.1) is 13.5 Å². The zero-order chi connectivity index (χ0) is 13.8. The van der Waals surface area contributed by atoms with Crippen molar-refractivity contribution < 1.29 is 24.2 Å². The fourth-order valence-corrected chi connectivity index (χ4v) is 2.16. The molecule has 0 bridgehead atoms. The van der Waals surface area contributed by atoms with Crippen LogP contribution in [-0.2, 0) is 19.1 Å². The molecule has 18 heavy (non-hydrogen) atoms. The van der Waals surface area contributed by atoms with Crippen LogP contribution in [0.25, 0.3) is 0 Å². The van der Waals surface area contributed by atoms with E-state index in [0.717, 1.165) is 12.8 Å². The zero-order valence-corrected chi connectivity index (χ0v) is 10.7. The first-order valence-corrected chi connectivity index (χ1v) is 6.03. The second-order valence-electron chi connectivity index (χ2n) is 4.76. The summed E-state index contributed by atoms with van der Waals surface area (Å²) in [4.78, 5) is 34.2. The van der Waals surface area contributed by atoms with Crippen LogP contribution in [0.4, 0.5) is 0 Å². The minimum atomic E-state index is -1.15. The Kier molecular flexibility index (Phi) is 4.69. The van der Waals surface area contributed by atoms with Gasteiger partial charge in [0.25, 0.3) is 0 Å². The van der Waals surface area contributed by atoms with Crippen LogP contribution >= 0.6 is 0 Å². The number of hydrogen-bond donors (Lipinski definition) is 2. The van der Waals surface area contributed by atoms with Gasteiger partial charge in [-0.05, 0) is 12.8 Å². The van der Waals surface area contributed by atoms with E-state index in [4.69, 9.17) is 0 Å². The number of aliphatic carboxylic acids is 1. The molecule has 0 aromatic rings. The summed E-state index contributed by atoms with van der Waals surface area (Å²) in [7, 11) is 1.25. The van der Waals surface area contributed by atoms with Gasteiger partial charge in [0, 0.05) is 5.92 Å². The van der Waals surface area contributed by atoms with Crippen LogP contribution in [0.1, 0.15) is 39.0 Å². The van der Waals surface area contributed by atoms with Gasteiger partial charge in [-0.3, -0.25) is 9.59 Å². The van der Waals surface area contributed by atoms with Crippen molar-refractivity contribution >= 4 is 17.8 Å². The smallest absolute Gasteiger partial charge is 0.329 e. The minimum Gasteiger partial charge on any atom is -0.480 e. The molecule has 1 saturated carbocycles. The maximum absolute atomic E-state index is 11.9. The molecule has 0 aliphatic heterocycles. The van der Waals surface area contributed by atoms with Gasteiger partial charge in [0.1, 0.15) is 5.54 Å². The number of amides is 1. The second kappa shape index (κ2) is 5.84. The Hall–Kier alpha value is -1.59. The highest BCUT2D eigenvalue weighted by Crippen LogP contribution is 2.30. The summed E-state index contributed by atoms with van der Waals surface area (Å²) in [6.45, 7) is 1.58. The number of carbonyl (C=O) groups excluding carboxylic acids is 2. The molecule has 0 aromatic heterocycles. The summed E-state index contributed by atoms with van der Waals surface area (Å²) >= 11 is 0. The first-order chi connectivity index (χ1) is 8.41. The summed E-state index contributed by atoms with van der Waals surface area (Å²) in [6, 6.07) is 0. The molecule has 6 nitrogen and oxygen atoms in total. The molecule has 1 aliphatic carbocycles. The average molecular weight is 257 g/mol. The number of esters is 1. The van der Waals surface area contributed by atoms with E-state index < -0.39 is 29.3 Å². The molecule has 0 saturated heterocycles. The Balaban J connectivity index is 2.62. The third-order valence-electron chi connectivity index (χ3n) is 3.38. The predicted molar refractivity (Wildman–Crippen MR) is 62.8 cm³/mol. The highest BCUT2D eigenvalue weighted by molar-refractivity contribution is 5.89. The Labute approximate surface area is 106 Å². The van der Waals surface area contributed by atoms with Crippen LogP contribution in [0.5, 0.6) is 0 Å². The van der Waals surface area contributed by atoms with Crippen molar-refractivity contribution in [3.63, 3.8) is 0 Å². The lowest BCUT2D eigenvalue weighted by atomic mass is 9.96. The molecule has 1 amide bonds. The second-order valence-corrected chi connectivity index (χ2v) is 4.76. The van der Waals surface area contributed by atoms with Gasteiger partial charge in [-0.15, -0.1) is 0 Å². The molecule has 1 atom stereocenters. The van der Waals surface area contributed by atoms with Gasteiger partial charge in [-0.1, -0.05) is 19.8 Å². The maximum Gasteiger partial charge on any atom is 0.329 e. The van der Waals surface area contributed by atoms with Crippen LogP contribution in [0, 0.1) is 5.92 Å². The lowest BCUT2D eigenvalue weighted by Crippen LogP contribution is -2.54. The molecule has 0 radical (unpaired) electrons. The molecular weight excluding hydrogens is 238 g/mol. The third kappa shape index (κ3) is 3.21. The van der Waals surface area contributed by atoms with Gasteiger partial charge in [-0.2, -0.15) is 0 Å². The lowest BCUT2D eigenvalue weighted by Gasteiger charge is -2.26. The van der Waals surface area contributed by atoms with Gasteiger partial charge in [0.15, 0.2) is 0 Å². The standard InChI is InChI=1S/C12H19NO5/c1-8(7-9(14)18-2)10(15)13-12(11(16)17)5-3-4-6-12/h8H,3-7H2,1-2H3,(H,13,15)(H,16,17). The van der Waals surface area contributed by atoms with E-state index in [9.17, 15) is 19.5 Å². The number of hydrogen-bond acceptors (Lipinski definition) is 4. The van der Waals surface area contributed by atoms with Crippen LogP contribution in [0.3, 0.4) is 0 Å². The monoisotopic (exact) mass is 257 g/mol. The zero-order valence-electron chi connectivity index (χ0n) is 10.7. The van der Waals surface area contributed by atoms with Crippen LogP contribution in [0.2, 0.25) is 0 Å². The van der Waals surface area contributed by atoms with E-state index in [-0.39, 0.29) is 6.42 Å². The molecule has 1 unspecified atom stereocenters. The van der Waals surface area contributed by atoms with Gasteiger partial charge in [0.2, 0.25) is 5.91 Å². The molecule has 2 N–H and O–H groups in total. The normalized spacial score (nSPS) is 19.0. The Morgan fingerprint density at radius 3 is 2.33 bits per heavy atom. The van der Waals surface area contributed by atoms with Crippen molar-refractivity contribution in [2.45, 2.75) is 44.6 Å². The van der Waals surface area contributed by atoms with Crippen molar-refractivity contribution in [3.05, 3.63) is 0 Å². The molecule has 6 heteroatoms. The van der Waals surface area contributed by atoms with Gasteiger partial charge >= 0.3 is 11.9 Å². The fraction of sp³-hybridized carbons (Fsp3) is 0.750. The molecule has 102 valence electrons. The molecule has 0 spiro atoms.